The SMILES string of the molecule is C[C@@H]1CCCC(=NNC(N)=S)C1. The molecule has 12 heavy (non-hydrogen) atoms. The zero-order valence-corrected chi connectivity index (χ0v) is 8.16. The maximum atomic E-state index is 5.26. The number of hydrogen-bond donors (Lipinski definition) is 2. The van der Waals surface area contributed by atoms with Crippen LogP contribution in [-0.2, 0) is 0 Å². The highest BCUT2D eigenvalue weighted by Crippen LogP contribution is 2.20. The Labute approximate surface area is 78.4 Å². The summed E-state index contributed by atoms with van der Waals surface area (Å²) in [6.07, 6.45) is 4.71. The van der Waals surface area contributed by atoms with E-state index in [-0.39, 0.29) is 5.11 Å². The highest BCUT2D eigenvalue weighted by molar-refractivity contribution is 7.80. The van der Waals surface area contributed by atoms with E-state index in [1.54, 1.807) is 0 Å². The van der Waals surface area contributed by atoms with Gasteiger partial charge in [-0.05, 0) is 43.8 Å². The first-order valence-corrected chi connectivity index (χ1v) is 4.70. The van der Waals surface area contributed by atoms with Crippen molar-refractivity contribution < 1.29 is 0 Å². The minimum atomic E-state index is 0.251. The summed E-state index contributed by atoms with van der Waals surface area (Å²) in [6, 6.07) is 0. The van der Waals surface area contributed by atoms with Gasteiger partial charge in [-0.1, -0.05) is 6.92 Å². The van der Waals surface area contributed by atoms with Crippen LogP contribution in [0.4, 0.5) is 0 Å². The zero-order valence-electron chi connectivity index (χ0n) is 7.34. The van der Waals surface area contributed by atoms with Crippen molar-refractivity contribution >= 4 is 23.0 Å². The van der Waals surface area contributed by atoms with Gasteiger partial charge in [-0.2, -0.15) is 5.10 Å². The van der Waals surface area contributed by atoms with Gasteiger partial charge in [-0.25, -0.2) is 0 Å². The van der Waals surface area contributed by atoms with Crippen LogP contribution < -0.4 is 11.2 Å². The molecule has 0 saturated heterocycles. The van der Waals surface area contributed by atoms with Crippen LogP contribution in [0.3, 0.4) is 0 Å². The number of nitrogens with zero attached hydrogens (tertiary/aromatic N) is 1. The Balaban J connectivity index is 2.39. The Morgan fingerprint density at radius 1 is 1.75 bits per heavy atom. The first-order valence-electron chi connectivity index (χ1n) is 4.29. The molecule has 1 rings (SSSR count). The molecule has 0 heterocycles. The molecule has 0 radical (unpaired) electrons. The lowest BCUT2D eigenvalue weighted by atomic mass is 9.89. The van der Waals surface area contributed by atoms with E-state index < -0.39 is 0 Å². The van der Waals surface area contributed by atoms with Crippen molar-refractivity contribution in [2.75, 3.05) is 0 Å². The lowest BCUT2D eigenvalue weighted by molar-refractivity contribution is 0.498. The van der Waals surface area contributed by atoms with E-state index in [0.717, 1.165) is 18.8 Å². The Bertz CT molecular complexity index is 200. The molecule has 1 aliphatic rings. The minimum Gasteiger partial charge on any atom is -0.375 e. The second-order valence-corrected chi connectivity index (χ2v) is 3.80. The fourth-order valence-corrected chi connectivity index (χ4v) is 1.54. The van der Waals surface area contributed by atoms with Crippen molar-refractivity contribution in [2.45, 2.75) is 32.6 Å². The molecular weight excluding hydrogens is 170 g/mol. The molecule has 0 aromatic carbocycles. The van der Waals surface area contributed by atoms with Crippen LogP contribution in [0.15, 0.2) is 5.10 Å². The normalized spacial score (nSPS) is 27.1. The predicted octanol–water partition coefficient (Wildman–Crippen LogP) is 1.39. The third-order valence-corrected chi connectivity index (χ3v) is 2.16. The van der Waals surface area contributed by atoms with E-state index in [1.807, 2.05) is 0 Å². The number of hydrogen-bond acceptors (Lipinski definition) is 2. The maximum Gasteiger partial charge on any atom is 0.184 e. The molecule has 4 heteroatoms. The monoisotopic (exact) mass is 185 g/mol. The molecule has 0 aromatic rings. The van der Waals surface area contributed by atoms with Crippen LogP contribution >= 0.6 is 12.2 Å². The summed E-state index contributed by atoms with van der Waals surface area (Å²) in [5, 5.41) is 4.38. The fraction of sp³-hybridized carbons (Fsp3) is 0.750. The van der Waals surface area contributed by atoms with Crippen LogP contribution in [0.1, 0.15) is 32.6 Å². The van der Waals surface area contributed by atoms with Crippen molar-refractivity contribution in [3.63, 3.8) is 0 Å². The molecule has 0 spiro atoms. The van der Waals surface area contributed by atoms with Gasteiger partial charge in [0.2, 0.25) is 0 Å². The smallest absolute Gasteiger partial charge is 0.184 e. The first kappa shape index (κ1) is 9.45. The molecule has 1 aliphatic carbocycles. The number of nitrogens with one attached hydrogen (secondary N) is 1. The van der Waals surface area contributed by atoms with Crippen molar-refractivity contribution in [2.24, 2.45) is 16.8 Å². The van der Waals surface area contributed by atoms with Gasteiger partial charge in [0.15, 0.2) is 5.11 Å². The lowest BCUT2D eigenvalue weighted by Crippen LogP contribution is -2.26. The average Bonchev–Trinajstić information content (AvgIpc) is 2.01. The standard InChI is InChI=1S/C8H15N3S/c1-6-3-2-4-7(5-6)10-11-8(9)12/h6H,2-5H2,1H3,(H3,9,11,12)/t6-/m1/s1. The lowest BCUT2D eigenvalue weighted by Gasteiger charge is -2.18. The van der Waals surface area contributed by atoms with Gasteiger partial charge in [-0.15, -0.1) is 0 Å². The molecule has 68 valence electrons. The van der Waals surface area contributed by atoms with Crippen molar-refractivity contribution in [1.29, 1.82) is 0 Å². The minimum absolute atomic E-state index is 0.251. The van der Waals surface area contributed by atoms with Crippen molar-refractivity contribution in [1.82, 2.24) is 5.43 Å². The van der Waals surface area contributed by atoms with Gasteiger partial charge in [0.05, 0.1) is 0 Å². The van der Waals surface area contributed by atoms with Crippen molar-refractivity contribution in [3.8, 4) is 0 Å². The number of hydrazone groups is 1. The summed E-state index contributed by atoms with van der Waals surface area (Å²) in [6.45, 7) is 2.25. The summed E-state index contributed by atoms with van der Waals surface area (Å²) >= 11 is 4.65. The second kappa shape index (κ2) is 4.40. The largest absolute Gasteiger partial charge is 0.375 e. The Morgan fingerprint density at radius 2 is 2.50 bits per heavy atom. The van der Waals surface area contributed by atoms with Crippen LogP contribution in [0, 0.1) is 5.92 Å². The molecule has 1 atom stereocenters. The van der Waals surface area contributed by atoms with Crippen LogP contribution in [0.2, 0.25) is 0 Å². The second-order valence-electron chi connectivity index (χ2n) is 3.36. The van der Waals surface area contributed by atoms with E-state index in [1.165, 1.54) is 18.6 Å². The molecule has 3 N–H and O–H groups in total. The summed E-state index contributed by atoms with van der Waals surface area (Å²) in [5.74, 6) is 0.755. The number of thiocarbonyl (C=S) groups is 1. The van der Waals surface area contributed by atoms with Crippen LogP contribution in [0.5, 0.6) is 0 Å². The molecule has 1 saturated carbocycles. The van der Waals surface area contributed by atoms with E-state index >= 15 is 0 Å². The Hall–Kier alpha value is -0.640. The third-order valence-electron chi connectivity index (χ3n) is 2.07. The van der Waals surface area contributed by atoms with E-state index in [4.69, 9.17) is 5.73 Å². The molecule has 0 unspecified atom stereocenters. The summed E-state index contributed by atoms with van der Waals surface area (Å²) in [7, 11) is 0. The fourth-order valence-electron chi connectivity index (χ4n) is 1.50. The van der Waals surface area contributed by atoms with E-state index in [9.17, 15) is 0 Å². The molecule has 0 aliphatic heterocycles. The molecule has 0 bridgehead atoms. The average molecular weight is 185 g/mol. The molecule has 0 aromatic heterocycles. The predicted molar refractivity (Wildman–Crippen MR) is 55.0 cm³/mol. The van der Waals surface area contributed by atoms with Crippen LogP contribution in [0.25, 0.3) is 0 Å². The number of nitrogens with two attached hydrogens (primary N) is 1. The third kappa shape index (κ3) is 3.17. The summed E-state index contributed by atoms with van der Waals surface area (Å²) < 4.78 is 0. The van der Waals surface area contributed by atoms with Gasteiger partial charge in [0.25, 0.3) is 0 Å². The van der Waals surface area contributed by atoms with Crippen LogP contribution in [-0.4, -0.2) is 10.8 Å². The topological polar surface area (TPSA) is 50.4 Å². The van der Waals surface area contributed by atoms with Gasteiger partial charge in [0.1, 0.15) is 0 Å². The quantitative estimate of drug-likeness (QED) is 0.479. The maximum absolute atomic E-state index is 5.26. The van der Waals surface area contributed by atoms with Gasteiger partial charge >= 0.3 is 0 Å². The molecule has 1 fully saturated rings. The first-order chi connectivity index (χ1) is 5.68. The van der Waals surface area contributed by atoms with E-state index in [2.05, 4.69) is 29.7 Å². The van der Waals surface area contributed by atoms with Gasteiger partial charge < -0.3 is 5.73 Å². The summed E-state index contributed by atoms with van der Waals surface area (Å²) in [5.41, 5.74) is 9.09. The molecule has 0 amide bonds. The Morgan fingerprint density at radius 3 is 3.08 bits per heavy atom. The highest BCUT2D eigenvalue weighted by Gasteiger charge is 2.13. The zero-order chi connectivity index (χ0) is 8.97. The number of rotatable bonds is 1. The highest BCUT2D eigenvalue weighted by atomic mass is 32.1. The Kier molecular flexibility index (Phi) is 3.47. The molecular formula is C8H15N3S. The summed E-state index contributed by atoms with van der Waals surface area (Å²) in [4.78, 5) is 0. The van der Waals surface area contributed by atoms with Gasteiger partial charge in [-0.3, -0.25) is 5.43 Å². The van der Waals surface area contributed by atoms with Gasteiger partial charge in [0, 0.05) is 5.71 Å². The van der Waals surface area contributed by atoms with E-state index in [0.29, 0.717) is 0 Å². The van der Waals surface area contributed by atoms with Crippen molar-refractivity contribution in [3.05, 3.63) is 0 Å². The molecule has 3 nitrogen and oxygen atoms in total.